The SMILES string of the molecule is NC(=O)c1ccc(NCC(=O)O)nn1. The summed E-state index contributed by atoms with van der Waals surface area (Å²) in [5.74, 6) is -1.41. The van der Waals surface area contributed by atoms with Crippen molar-refractivity contribution in [1.82, 2.24) is 10.2 Å². The monoisotopic (exact) mass is 196 g/mol. The van der Waals surface area contributed by atoms with Gasteiger partial charge in [-0.05, 0) is 12.1 Å². The first kappa shape index (κ1) is 9.90. The zero-order valence-corrected chi connectivity index (χ0v) is 7.10. The van der Waals surface area contributed by atoms with Gasteiger partial charge in [0.15, 0.2) is 5.69 Å². The van der Waals surface area contributed by atoms with Crippen LogP contribution in [0.25, 0.3) is 0 Å². The Balaban J connectivity index is 2.64. The van der Waals surface area contributed by atoms with Gasteiger partial charge in [0.25, 0.3) is 5.91 Å². The number of carbonyl (C=O) groups excluding carboxylic acids is 1. The van der Waals surface area contributed by atoms with Crippen LogP contribution < -0.4 is 11.1 Å². The number of nitrogens with two attached hydrogens (primary N) is 1. The molecular weight excluding hydrogens is 188 g/mol. The van der Waals surface area contributed by atoms with Crippen molar-refractivity contribution in [1.29, 1.82) is 0 Å². The number of anilines is 1. The molecule has 0 bridgehead atoms. The molecule has 1 aromatic heterocycles. The average Bonchev–Trinajstić information content (AvgIpc) is 2.15. The molecule has 0 saturated carbocycles. The van der Waals surface area contributed by atoms with Crippen molar-refractivity contribution in [3.05, 3.63) is 17.8 Å². The fourth-order valence-electron chi connectivity index (χ4n) is 0.724. The average molecular weight is 196 g/mol. The molecule has 1 aromatic rings. The van der Waals surface area contributed by atoms with E-state index in [-0.39, 0.29) is 18.1 Å². The summed E-state index contributed by atoms with van der Waals surface area (Å²) < 4.78 is 0. The second kappa shape index (κ2) is 4.17. The summed E-state index contributed by atoms with van der Waals surface area (Å²) in [5, 5.41) is 17.8. The number of amides is 1. The molecule has 4 N–H and O–H groups in total. The molecule has 1 amide bonds. The lowest BCUT2D eigenvalue weighted by Gasteiger charge is -2.00. The van der Waals surface area contributed by atoms with E-state index in [1.165, 1.54) is 12.1 Å². The van der Waals surface area contributed by atoms with E-state index >= 15 is 0 Å². The number of rotatable bonds is 4. The van der Waals surface area contributed by atoms with Crippen LogP contribution in [-0.4, -0.2) is 33.7 Å². The van der Waals surface area contributed by atoms with Gasteiger partial charge < -0.3 is 16.2 Å². The highest BCUT2D eigenvalue weighted by molar-refractivity contribution is 5.90. The minimum atomic E-state index is -1.01. The van der Waals surface area contributed by atoms with Crippen molar-refractivity contribution in [2.45, 2.75) is 0 Å². The molecule has 1 heterocycles. The molecule has 1 rings (SSSR count). The molecule has 0 unspecified atom stereocenters. The van der Waals surface area contributed by atoms with Crippen LogP contribution in [0.5, 0.6) is 0 Å². The van der Waals surface area contributed by atoms with Crippen molar-refractivity contribution in [2.75, 3.05) is 11.9 Å². The van der Waals surface area contributed by atoms with E-state index in [1.807, 2.05) is 0 Å². The molecular formula is C7H8N4O3. The summed E-state index contributed by atoms with van der Waals surface area (Å²) in [7, 11) is 0. The summed E-state index contributed by atoms with van der Waals surface area (Å²) >= 11 is 0. The van der Waals surface area contributed by atoms with Gasteiger partial charge in [-0.15, -0.1) is 10.2 Å². The standard InChI is InChI=1S/C7H8N4O3/c8-7(14)4-1-2-5(11-10-4)9-3-6(12)13/h1-2H,3H2,(H2,8,14)(H,9,11)(H,12,13). The van der Waals surface area contributed by atoms with Crippen LogP contribution in [0.1, 0.15) is 10.5 Å². The van der Waals surface area contributed by atoms with Crippen molar-refractivity contribution < 1.29 is 14.7 Å². The van der Waals surface area contributed by atoms with E-state index in [9.17, 15) is 9.59 Å². The Kier molecular flexibility index (Phi) is 2.95. The molecule has 74 valence electrons. The zero-order chi connectivity index (χ0) is 10.6. The van der Waals surface area contributed by atoms with Crippen LogP contribution in [0.3, 0.4) is 0 Å². The number of carbonyl (C=O) groups is 2. The number of hydrogen-bond acceptors (Lipinski definition) is 5. The fourth-order valence-corrected chi connectivity index (χ4v) is 0.724. The topological polar surface area (TPSA) is 118 Å². The number of aliphatic carboxylic acids is 1. The Morgan fingerprint density at radius 1 is 1.43 bits per heavy atom. The molecule has 0 aliphatic rings. The van der Waals surface area contributed by atoms with Gasteiger partial charge in [-0.1, -0.05) is 0 Å². The molecule has 0 spiro atoms. The van der Waals surface area contributed by atoms with Crippen LogP contribution in [0.2, 0.25) is 0 Å². The van der Waals surface area contributed by atoms with Crippen molar-refractivity contribution in [3.63, 3.8) is 0 Å². The van der Waals surface area contributed by atoms with E-state index in [2.05, 4.69) is 15.5 Å². The molecule has 0 aliphatic heterocycles. The van der Waals surface area contributed by atoms with Crippen LogP contribution >= 0.6 is 0 Å². The number of nitrogens with zero attached hydrogens (tertiary/aromatic N) is 2. The molecule has 7 heteroatoms. The Labute approximate surface area is 78.9 Å². The fraction of sp³-hybridized carbons (Fsp3) is 0.143. The third-order valence-corrected chi connectivity index (χ3v) is 1.34. The van der Waals surface area contributed by atoms with Crippen molar-refractivity contribution >= 4 is 17.7 Å². The highest BCUT2D eigenvalue weighted by Gasteiger charge is 2.03. The third-order valence-electron chi connectivity index (χ3n) is 1.34. The second-order valence-corrected chi connectivity index (χ2v) is 2.42. The first-order chi connectivity index (χ1) is 6.59. The Bertz CT molecular complexity index is 348. The lowest BCUT2D eigenvalue weighted by molar-refractivity contribution is -0.134. The van der Waals surface area contributed by atoms with Gasteiger partial charge in [0.2, 0.25) is 0 Å². The smallest absolute Gasteiger partial charge is 0.322 e. The summed E-state index contributed by atoms with van der Waals surface area (Å²) in [5.41, 5.74) is 4.96. The van der Waals surface area contributed by atoms with E-state index in [0.29, 0.717) is 0 Å². The number of primary amides is 1. The lowest BCUT2D eigenvalue weighted by atomic mass is 10.4. The Hall–Kier alpha value is -2.18. The highest BCUT2D eigenvalue weighted by Crippen LogP contribution is 2.00. The quantitative estimate of drug-likeness (QED) is 0.572. The maximum absolute atomic E-state index is 10.6. The zero-order valence-electron chi connectivity index (χ0n) is 7.10. The van der Waals surface area contributed by atoms with Gasteiger partial charge >= 0.3 is 5.97 Å². The van der Waals surface area contributed by atoms with E-state index < -0.39 is 11.9 Å². The molecule has 0 radical (unpaired) electrons. The molecule has 0 fully saturated rings. The molecule has 0 aliphatic carbocycles. The summed E-state index contributed by atoms with van der Waals surface area (Å²) in [4.78, 5) is 20.7. The Morgan fingerprint density at radius 3 is 2.57 bits per heavy atom. The number of carboxylic acids is 1. The predicted octanol–water partition coefficient (Wildman–Crippen LogP) is -0.928. The number of carboxylic acid groups (broad SMARTS) is 1. The Morgan fingerprint density at radius 2 is 2.14 bits per heavy atom. The lowest BCUT2D eigenvalue weighted by Crippen LogP contribution is -2.16. The van der Waals surface area contributed by atoms with Crippen LogP contribution in [0, 0.1) is 0 Å². The summed E-state index contributed by atoms with van der Waals surface area (Å²) in [6, 6.07) is 2.79. The first-order valence-corrected chi connectivity index (χ1v) is 3.69. The van der Waals surface area contributed by atoms with Gasteiger partial charge in [0.1, 0.15) is 12.4 Å². The van der Waals surface area contributed by atoms with Crippen LogP contribution in [0.15, 0.2) is 12.1 Å². The minimum absolute atomic E-state index is 0.0332. The maximum atomic E-state index is 10.6. The van der Waals surface area contributed by atoms with Gasteiger partial charge in [0.05, 0.1) is 0 Å². The third kappa shape index (κ3) is 2.70. The molecule has 14 heavy (non-hydrogen) atoms. The highest BCUT2D eigenvalue weighted by atomic mass is 16.4. The van der Waals surface area contributed by atoms with Crippen molar-refractivity contribution in [3.8, 4) is 0 Å². The van der Waals surface area contributed by atoms with Gasteiger partial charge in [0, 0.05) is 0 Å². The molecule has 7 nitrogen and oxygen atoms in total. The predicted molar refractivity (Wildman–Crippen MR) is 46.7 cm³/mol. The molecule has 0 aromatic carbocycles. The minimum Gasteiger partial charge on any atom is -0.480 e. The normalized spacial score (nSPS) is 9.43. The van der Waals surface area contributed by atoms with Gasteiger partial charge in [-0.25, -0.2) is 0 Å². The maximum Gasteiger partial charge on any atom is 0.322 e. The van der Waals surface area contributed by atoms with Gasteiger partial charge in [-0.3, -0.25) is 9.59 Å². The van der Waals surface area contributed by atoms with E-state index in [4.69, 9.17) is 10.8 Å². The summed E-state index contributed by atoms with van der Waals surface area (Å²) in [6.07, 6.45) is 0. The van der Waals surface area contributed by atoms with Crippen LogP contribution in [0.4, 0.5) is 5.82 Å². The largest absolute Gasteiger partial charge is 0.480 e. The van der Waals surface area contributed by atoms with E-state index in [0.717, 1.165) is 0 Å². The first-order valence-electron chi connectivity index (χ1n) is 3.69. The van der Waals surface area contributed by atoms with E-state index in [1.54, 1.807) is 0 Å². The molecule has 0 saturated heterocycles. The molecule has 0 atom stereocenters. The summed E-state index contributed by atoms with van der Waals surface area (Å²) in [6.45, 7) is -0.259. The number of hydrogen-bond donors (Lipinski definition) is 3. The van der Waals surface area contributed by atoms with Crippen LogP contribution in [-0.2, 0) is 4.79 Å². The second-order valence-electron chi connectivity index (χ2n) is 2.42. The number of nitrogens with one attached hydrogen (secondary N) is 1. The van der Waals surface area contributed by atoms with Crippen molar-refractivity contribution in [2.24, 2.45) is 5.73 Å². The van der Waals surface area contributed by atoms with Gasteiger partial charge in [-0.2, -0.15) is 0 Å². The number of aromatic nitrogens is 2.